The second kappa shape index (κ2) is 12.3. The zero-order valence-electron chi connectivity index (χ0n) is 18.4. The predicted molar refractivity (Wildman–Crippen MR) is 123 cm³/mol. The van der Waals surface area contributed by atoms with Gasteiger partial charge in [0.25, 0.3) is 0 Å². The van der Waals surface area contributed by atoms with E-state index in [1.54, 1.807) is 20.3 Å². The quantitative estimate of drug-likeness (QED) is 0.568. The third-order valence-electron chi connectivity index (χ3n) is 4.00. The molecule has 0 saturated carbocycles. The zero-order chi connectivity index (χ0) is 21.8. The van der Waals surface area contributed by atoms with Crippen LogP contribution in [0, 0.1) is 13.8 Å². The lowest BCUT2D eigenvalue weighted by atomic mass is 10.1. The van der Waals surface area contributed by atoms with Crippen LogP contribution in [0.15, 0.2) is 48.7 Å². The molecule has 1 amide bonds. The summed E-state index contributed by atoms with van der Waals surface area (Å²) in [6.07, 6.45) is 6.92. The SMILES string of the molecule is C/C=C\Nc1cc(NC(=O)/C=C/c2c(OC)cc(C)cc2OC)ccc1C.CC. The standard InChI is InChI=1S/C22H26N2O3.C2H6/c1-6-11-23-19-14-17(8-7-16(19)3)24-22(25)10-9-18-20(26-4)12-15(2)13-21(18)27-5;1-2/h6-14,23H,1-5H3,(H,24,25);1-2H3/b10-9+,11-6-;. The summed E-state index contributed by atoms with van der Waals surface area (Å²) in [6, 6.07) is 9.53. The van der Waals surface area contributed by atoms with Crippen LogP contribution in [-0.2, 0) is 4.79 Å². The van der Waals surface area contributed by atoms with Gasteiger partial charge in [-0.25, -0.2) is 0 Å². The number of methoxy groups -OCH3 is 2. The minimum atomic E-state index is -0.236. The molecule has 0 heterocycles. The van der Waals surface area contributed by atoms with Crippen LogP contribution < -0.4 is 20.1 Å². The highest BCUT2D eigenvalue weighted by Crippen LogP contribution is 2.31. The molecule has 0 aliphatic rings. The largest absolute Gasteiger partial charge is 0.496 e. The highest BCUT2D eigenvalue weighted by atomic mass is 16.5. The van der Waals surface area contributed by atoms with E-state index < -0.39 is 0 Å². The molecule has 0 atom stereocenters. The topological polar surface area (TPSA) is 59.6 Å². The Morgan fingerprint density at radius 1 is 1.00 bits per heavy atom. The monoisotopic (exact) mass is 396 g/mol. The average Bonchev–Trinajstić information content (AvgIpc) is 2.73. The fourth-order valence-corrected chi connectivity index (χ4v) is 2.61. The fourth-order valence-electron chi connectivity index (χ4n) is 2.61. The second-order valence-corrected chi connectivity index (χ2v) is 6.08. The van der Waals surface area contributed by atoms with Crippen molar-refractivity contribution in [2.45, 2.75) is 34.6 Å². The van der Waals surface area contributed by atoms with Crippen molar-refractivity contribution in [1.29, 1.82) is 0 Å². The molecular weight excluding hydrogens is 364 g/mol. The maximum absolute atomic E-state index is 12.3. The van der Waals surface area contributed by atoms with Crippen molar-refractivity contribution >= 4 is 23.4 Å². The summed E-state index contributed by atoms with van der Waals surface area (Å²) >= 11 is 0. The molecule has 2 aromatic carbocycles. The number of ether oxygens (including phenoxy) is 2. The molecular formula is C24H32N2O3. The lowest BCUT2D eigenvalue weighted by molar-refractivity contribution is -0.111. The van der Waals surface area contributed by atoms with Crippen molar-refractivity contribution < 1.29 is 14.3 Å². The van der Waals surface area contributed by atoms with Crippen molar-refractivity contribution in [3.63, 3.8) is 0 Å². The Hall–Kier alpha value is -3.21. The molecule has 0 bridgehead atoms. The molecule has 0 radical (unpaired) electrons. The van der Waals surface area contributed by atoms with Crippen LogP contribution in [0.1, 0.15) is 37.5 Å². The van der Waals surface area contributed by atoms with Gasteiger partial charge in [0.2, 0.25) is 5.91 Å². The van der Waals surface area contributed by atoms with E-state index >= 15 is 0 Å². The zero-order valence-corrected chi connectivity index (χ0v) is 18.4. The molecule has 0 aliphatic carbocycles. The normalized spacial score (nSPS) is 10.4. The summed E-state index contributed by atoms with van der Waals surface area (Å²) < 4.78 is 10.8. The molecule has 0 unspecified atom stereocenters. The van der Waals surface area contributed by atoms with Crippen LogP contribution in [0.4, 0.5) is 11.4 Å². The van der Waals surface area contributed by atoms with Gasteiger partial charge in [-0.15, -0.1) is 0 Å². The molecule has 156 valence electrons. The lowest BCUT2D eigenvalue weighted by Gasteiger charge is -2.12. The van der Waals surface area contributed by atoms with Gasteiger partial charge in [0.1, 0.15) is 11.5 Å². The van der Waals surface area contributed by atoms with Gasteiger partial charge in [0.05, 0.1) is 19.8 Å². The summed E-state index contributed by atoms with van der Waals surface area (Å²) in [4.78, 5) is 12.3. The van der Waals surface area contributed by atoms with Gasteiger partial charge in [-0.05, 0) is 68.4 Å². The van der Waals surface area contributed by atoms with Crippen molar-refractivity contribution in [2.75, 3.05) is 24.9 Å². The fraction of sp³-hybridized carbons (Fsp3) is 0.292. The van der Waals surface area contributed by atoms with Crippen molar-refractivity contribution in [3.05, 3.63) is 65.4 Å². The van der Waals surface area contributed by atoms with Gasteiger partial charge < -0.3 is 20.1 Å². The first-order valence-electron chi connectivity index (χ1n) is 9.68. The van der Waals surface area contributed by atoms with Crippen LogP contribution in [0.2, 0.25) is 0 Å². The first kappa shape index (κ1) is 23.8. The third kappa shape index (κ3) is 7.03. The molecule has 2 N–H and O–H groups in total. The summed E-state index contributed by atoms with van der Waals surface area (Å²) in [5.74, 6) is 1.08. The van der Waals surface area contributed by atoms with Crippen molar-refractivity contribution in [1.82, 2.24) is 0 Å². The number of amides is 1. The number of aryl methyl sites for hydroxylation is 2. The van der Waals surface area contributed by atoms with Crippen LogP contribution in [0.25, 0.3) is 6.08 Å². The van der Waals surface area contributed by atoms with Gasteiger partial charge in [-0.1, -0.05) is 26.0 Å². The Morgan fingerprint density at radius 3 is 2.17 bits per heavy atom. The van der Waals surface area contributed by atoms with Crippen LogP contribution in [0.3, 0.4) is 0 Å². The number of anilines is 2. The predicted octanol–water partition coefficient (Wildman–Crippen LogP) is 5.94. The first-order chi connectivity index (χ1) is 14.0. The number of benzene rings is 2. The van der Waals surface area contributed by atoms with Crippen LogP contribution in [-0.4, -0.2) is 20.1 Å². The Bertz CT molecular complexity index is 845. The second-order valence-electron chi connectivity index (χ2n) is 6.08. The Labute approximate surface area is 174 Å². The molecule has 0 aromatic heterocycles. The summed E-state index contributed by atoms with van der Waals surface area (Å²) in [5, 5.41) is 6.06. The van der Waals surface area contributed by atoms with Gasteiger partial charge in [0, 0.05) is 17.5 Å². The minimum Gasteiger partial charge on any atom is -0.496 e. The highest BCUT2D eigenvalue weighted by molar-refractivity contribution is 6.02. The third-order valence-corrected chi connectivity index (χ3v) is 4.00. The van der Waals surface area contributed by atoms with Gasteiger partial charge >= 0.3 is 0 Å². The Kier molecular flexibility index (Phi) is 10.1. The first-order valence-corrected chi connectivity index (χ1v) is 9.68. The van der Waals surface area contributed by atoms with E-state index in [-0.39, 0.29) is 5.91 Å². The summed E-state index contributed by atoms with van der Waals surface area (Å²) in [5.41, 5.74) is 4.49. The number of allylic oxidation sites excluding steroid dienone is 1. The van der Waals surface area contributed by atoms with Crippen LogP contribution in [0.5, 0.6) is 11.5 Å². The van der Waals surface area contributed by atoms with E-state index in [4.69, 9.17) is 9.47 Å². The van der Waals surface area contributed by atoms with E-state index in [2.05, 4.69) is 10.6 Å². The smallest absolute Gasteiger partial charge is 0.248 e. The number of carbonyl (C=O) groups excluding carboxylic acids is 1. The van der Waals surface area contributed by atoms with Gasteiger partial charge in [-0.2, -0.15) is 0 Å². The molecule has 0 saturated heterocycles. The molecule has 29 heavy (non-hydrogen) atoms. The minimum absolute atomic E-state index is 0.236. The lowest BCUT2D eigenvalue weighted by Crippen LogP contribution is -2.08. The molecule has 2 rings (SSSR count). The van der Waals surface area contributed by atoms with E-state index in [9.17, 15) is 4.79 Å². The van der Waals surface area contributed by atoms with E-state index in [1.807, 2.05) is 77.2 Å². The maximum Gasteiger partial charge on any atom is 0.248 e. The number of hydrogen-bond donors (Lipinski definition) is 2. The summed E-state index contributed by atoms with van der Waals surface area (Å²) in [6.45, 7) is 9.90. The number of carbonyl (C=O) groups is 1. The molecule has 2 aromatic rings. The van der Waals surface area contributed by atoms with E-state index in [1.165, 1.54) is 6.08 Å². The number of hydrogen-bond acceptors (Lipinski definition) is 4. The molecule has 5 nitrogen and oxygen atoms in total. The molecule has 0 aliphatic heterocycles. The van der Waals surface area contributed by atoms with E-state index in [0.29, 0.717) is 17.2 Å². The summed E-state index contributed by atoms with van der Waals surface area (Å²) in [7, 11) is 3.19. The highest BCUT2D eigenvalue weighted by Gasteiger charge is 2.09. The van der Waals surface area contributed by atoms with Gasteiger partial charge in [0.15, 0.2) is 0 Å². The average molecular weight is 397 g/mol. The van der Waals surface area contributed by atoms with Gasteiger partial charge in [-0.3, -0.25) is 4.79 Å². The number of rotatable bonds is 7. The molecule has 5 heteroatoms. The van der Waals surface area contributed by atoms with Crippen LogP contribution >= 0.6 is 0 Å². The molecule has 0 spiro atoms. The van der Waals surface area contributed by atoms with Crippen molar-refractivity contribution in [2.24, 2.45) is 0 Å². The van der Waals surface area contributed by atoms with Crippen molar-refractivity contribution in [3.8, 4) is 11.5 Å². The Morgan fingerprint density at radius 2 is 1.62 bits per heavy atom. The molecule has 0 fully saturated rings. The number of nitrogens with one attached hydrogen (secondary N) is 2. The maximum atomic E-state index is 12.3. The van der Waals surface area contributed by atoms with E-state index in [0.717, 1.165) is 22.4 Å². The Balaban J connectivity index is 0.00000204.